The van der Waals surface area contributed by atoms with Crippen LogP contribution < -0.4 is 10.1 Å². The third-order valence-electron chi connectivity index (χ3n) is 10.9. The number of benzene rings is 3. The number of aliphatic imine (C=N–C) groups is 1. The fraction of sp³-hybridized carbons (Fsp3) is 0.370. The number of aromatic nitrogens is 3. The molecule has 0 bridgehead atoms. The second kappa shape index (κ2) is 15.7. The van der Waals surface area contributed by atoms with Crippen molar-refractivity contribution in [1.29, 1.82) is 0 Å². The number of carbonyl (C=O) groups is 2. The molecule has 0 spiro atoms. The van der Waals surface area contributed by atoms with Crippen LogP contribution in [0, 0.1) is 17.3 Å². The second-order valence-electron chi connectivity index (χ2n) is 16.1. The highest BCUT2D eigenvalue weighted by molar-refractivity contribution is 6.06. The highest BCUT2D eigenvalue weighted by atomic mass is 16.5. The van der Waals surface area contributed by atoms with Crippen LogP contribution in [0.5, 0.6) is 5.88 Å². The summed E-state index contributed by atoms with van der Waals surface area (Å²) in [7, 11) is 1.58. The number of ether oxygens (including phenoxy) is 1. The lowest BCUT2D eigenvalue weighted by molar-refractivity contribution is -0.129. The van der Waals surface area contributed by atoms with Crippen LogP contribution in [0.15, 0.2) is 101 Å². The fourth-order valence-corrected chi connectivity index (χ4v) is 7.63. The zero-order valence-electron chi connectivity index (χ0n) is 33.1. The van der Waals surface area contributed by atoms with Crippen molar-refractivity contribution in [1.82, 2.24) is 25.2 Å². The van der Waals surface area contributed by atoms with E-state index >= 15 is 0 Å². The van der Waals surface area contributed by atoms with E-state index in [0.29, 0.717) is 24.0 Å². The zero-order chi connectivity index (χ0) is 38.9. The van der Waals surface area contributed by atoms with E-state index < -0.39 is 5.41 Å². The first-order valence-corrected chi connectivity index (χ1v) is 19.6. The summed E-state index contributed by atoms with van der Waals surface area (Å²) < 4.78 is 5.48. The van der Waals surface area contributed by atoms with Gasteiger partial charge in [-0.25, -0.2) is 9.97 Å². The number of fused-ring (bicyclic) bond motifs is 1. The van der Waals surface area contributed by atoms with Crippen molar-refractivity contribution in [3.63, 3.8) is 0 Å². The maximum absolute atomic E-state index is 14.2. The molecule has 2 unspecified atom stereocenters. The highest BCUT2D eigenvalue weighted by Gasteiger charge is 2.33. The number of nitrogens with one attached hydrogen (secondary N) is 2. The minimum absolute atomic E-state index is 0.00170. The van der Waals surface area contributed by atoms with Gasteiger partial charge >= 0.3 is 0 Å². The molecule has 284 valence electrons. The molecule has 2 N–H and O–H groups in total. The first kappa shape index (κ1) is 37.7. The van der Waals surface area contributed by atoms with E-state index in [0.717, 1.165) is 93.8 Å². The number of nitrogens with zero attached hydrogens (tertiary/aromatic N) is 4. The summed E-state index contributed by atoms with van der Waals surface area (Å²) in [5, 5.41) is 4.93. The molecule has 4 heterocycles. The standard InChI is InChI=1S/C46H52N6O3/c1-8-29-23-24-36(48-41(29)38-14-11-25-52(38)44(53)42-35-13-10-9-12-34(35)26-39(50-42)55-7)32-19-15-30(16-20-32)31-17-21-33(22-18-31)37-27-47-43(49-37)40(28(2)3)51-45(54)46(4,5)6/h9-10,12-13,15-22,26-29,40H,8,11,14,23-25H2,1-7H3,(H,47,49)(H,51,54)/b41-38-. The number of allylic oxidation sites excluding steroid dienone is 2. The molecule has 1 fully saturated rings. The maximum atomic E-state index is 14.2. The molecule has 0 radical (unpaired) electrons. The van der Waals surface area contributed by atoms with E-state index in [1.54, 1.807) is 7.11 Å². The van der Waals surface area contributed by atoms with E-state index in [4.69, 9.17) is 9.73 Å². The van der Waals surface area contributed by atoms with Crippen LogP contribution in [-0.2, 0) is 4.79 Å². The minimum Gasteiger partial charge on any atom is -0.481 e. The Morgan fingerprint density at radius 1 is 0.945 bits per heavy atom. The molecule has 2 amide bonds. The van der Waals surface area contributed by atoms with Gasteiger partial charge in [0.25, 0.3) is 5.91 Å². The number of likely N-dealkylation sites (tertiary alicyclic amines) is 1. The SMILES string of the molecule is CCC1CCC(c2ccc(-c3ccc(-c4cnc(C(NC(=O)C(C)(C)C)C(C)C)[nH]4)cc3)cc2)=N/C1=C1/CCCN1C(=O)c1nc(OC)cc2ccccc12. The van der Waals surface area contributed by atoms with Crippen LogP contribution in [0.3, 0.4) is 0 Å². The van der Waals surface area contributed by atoms with Crippen LogP contribution in [0.4, 0.5) is 0 Å². The van der Waals surface area contributed by atoms with Crippen LogP contribution in [0.25, 0.3) is 33.2 Å². The van der Waals surface area contributed by atoms with Gasteiger partial charge in [0.15, 0.2) is 0 Å². The number of amides is 2. The van der Waals surface area contributed by atoms with E-state index in [-0.39, 0.29) is 23.8 Å². The van der Waals surface area contributed by atoms with Crippen molar-refractivity contribution in [2.75, 3.05) is 13.7 Å². The summed E-state index contributed by atoms with van der Waals surface area (Å²) >= 11 is 0. The summed E-state index contributed by atoms with van der Waals surface area (Å²) in [5.41, 5.74) is 8.35. The summed E-state index contributed by atoms with van der Waals surface area (Å²) in [6.45, 7) is 12.8. The molecule has 9 nitrogen and oxygen atoms in total. The lowest BCUT2D eigenvalue weighted by Gasteiger charge is -2.28. The third kappa shape index (κ3) is 7.84. The molecule has 55 heavy (non-hydrogen) atoms. The van der Waals surface area contributed by atoms with Gasteiger partial charge in [0.05, 0.1) is 30.7 Å². The Kier molecular flexibility index (Phi) is 10.7. The molecule has 1 saturated heterocycles. The monoisotopic (exact) mass is 736 g/mol. The van der Waals surface area contributed by atoms with Crippen LogP contribution >= 0.6 is 0 Å². The van der Waals surface area contributed by atoms with Crippen molar-refractivity contribution in [2.45, 2.75) is 79.7 Å². The molecule has 0 saturated carbocycles. The lowest BCUT2D eigenvalue weighted by atomic mass is 9.88. The van der Waals surface area contributed by atoms with Gasteiger partial charge in [-0.15, -0.1) is 0 Å². The van der Waals surface area contributed by atoms with Gasteiger partial charge in [0.2, 0.25) is 11.8 Å². The quantitative estimate of drug-likeness (QED) is 0.156. The van der Waals surface area contributed by atoms with E-state index in [1.807, 2.05) is 62.2 Å². The second-order valence-corrected chi connectivity index (χ2v) is 16.1. The Morgan fingerprint density at radius 2 is 1.62 bits per heavy atom. The van der Waals surface area contributed by atoms with Gasteiger partial charge in [0, 0.05) is 40.7 Å². The van der Waals surface area contributed by atoms with E-state index in [2.05, 4.69) is 89.6 Å². The first-order chi connectivity index (χ1) is 26.4. The fourth-order valence-electron chi connectivity index (χ4n) is 7.63. The third-order valence-corrected chi connectivity index (χ3v) is 10.9. The Labute approximate surface area is 324 Å². The highest BCUT2D eigenvalue weighted by Crippen LogP contribution is 2.38. The molecular weight excluding hydrogens is 685 g/mol. The summed E-state index contributed by atoms with van der Waals surface area (Å²) in [4.78, 5) is 47.0. The Hall–Kier alpha value is -5.57. The molecule has 5 aromatic rings. The molecule has 2 aromatic heterocycles. The number of carbonyl (C=O) groups excluding carboxylic acids is 2. The molecule has 2 aliphatic heterocycles. The van der Waals surface area contributed by atoms with Gasteiger partial charge in [0.1, 0.15) is 11.5 Å². The predicted molar refractivity (Wildman–Crippen MR) is 220 cm³/mol. The number of methoxy groups -OCH3 is 1. The average Bonchev–Trinajstić information content (AvgIpc) is 3.90. The number of imidazole rings is 1. The van der Waals surface area contributed by atoms with Crippen LogP contribution in [0.1, 0.15) is 102 Å². The number of pyridine rings is 1. The van der Waals surface area contributed by atoms with Gasteiger partial charge in [-0.3, -0.25) is 14.6 Å². The average molecular weight is 737 g/mol. The lowest BCUT2D eigenvalue weighted by Crippen LogP contribution is -2.39. The molecule has 3 aromatic carbocycles. The van der Waals surface area contributed by atoms with Crippen molar-refractivity contribution in [2.24, 2.45) is 22.2 Å². The van der Waals surface area contributed by atoms with E-state index in [1.165, 1.54) is 0 Å². The van der Waals surface area contributed by atoms with Crippen molar-refractivity contribution in [3.8, 4) is 28.3 Å². The molecule has 7 rings (SSSR count). The summed E-state index contributed by atoms with van der Waals surface area (Å²) in [5.74, 6) is 1.57. The van der Waals surface area contributed by atoms with Crippen LogP contribution in [-0.4, -0.2) is 51.0 Å². The van der Waals surface area contributed by atoms with Gasteiger partial charge < -0.3 is 19.9 Å². The number of H-pyrrole nitrogens is 1. The van der Waals surface area contributed by atoms with Crippen molar-refractivity contribution in [3.05, 3.63) is 114 Å². The van der Waals surface area contributed by atoms with Crippen molar-refractivity contribution >= 4 is 28.3 Å². The Balaban J connectivity index is 1.11. The number of hydrogen-bond donors (Lipinski definition) is 2. The van der Waals surface area contributed by atoms with Crippen molar-refractivity contribution < 1.29 is 14.3 Å². The van der Waals surface area contributed by atoms with E-state index in [9.17, 15) is 9.59 Å². The first-order valence-electron chi connectivity index (χ1n) is 19.6. The number of rotatable bonds is 9. The number of aromatic amines is 1. The maximum Gasteiger partial charge on any atom is 0.277 e. The Bertz CT molecular complexity index is 2260. The zero-order valence-corrected chi connectivity index (χ0v) is 33.1. The minimum atomic E-state index is -0.481. The summed E-state index contributed by atoms with van der Waals surface area (Å²) in [6, 6.07) is 26.6. The topological polar surface area (TPSA) is 113 Å². The molecule has 0 aliphatic carbocycles. The predicted octanol–water partition coefficient (Wildman–Crippen LogP) is 9.92. The summed E-state index contributed by atoms with van der Waals surface area (Å²) in [6.07, 6.45) is 6.42. The Morgan fingerprint density at radius 3 is 2.27 bits per heavy atom. The van der Waals surface area contributed by atoms with Gasteiger partial charge in [-0.2, -0.15) is 0 Å². The van der Waals surface area contributed by atoms with Gasteiger partial charge in [-0.05, 0) is 65.7 Å². The molecule has 2 aliphatic rings. The molecule has 9 heteroatoms. The normalized spacial score (nSPS) is 18.1. The number of hydrogen-bond acceptors (Lipinski definition) is 6. The molecule has 2 atom stereocenters. The van der Waals surface area contributed by atoms with Crippen LogP contribution in [0.2, 0.25) is 0 Å². The smallest absolute Gasteiger partial charge is 0.277 e. The molecular formula is C46H52N6O3. The largest absolute Gasteiger partial charge is 0.481 e. The van der Waals surface area contributed by atoms with Gasteiger partial charge in [-0.1, -0.05) is 114 Å².